The van der Waals surface area contributed by atoms with Gasteiger partial charge < -0.3 is 9.88 Å². The van der Waals surface area contributed by atoms with Crippen molar-refractivity contribution in [3.8, 4) is 16.8 Å². The molecule has 0 amide bonds. The minimum atomic E-state index is -0.244. The Labute approximate surface area is 337 Å². The highest BCUT2D eigenvalue weighted by molar-refractivity contribution is 7.26. The van der Waals surface area contributed by atoms with Gasteiger partial charge in [-0.1, -0.05) is 140 Å². The summed E-state index contributed by atoms with van der Waals surface area (Å²) in [5.41, 5.74) is 9.57. The molecule has 3 aromatic heterocycles. The van der Waals surface area contributed by atoms with Crippen molar-refractivity contribution in [2.24, 2.45) is 4.99 Å². The zero-order valence-electron chi connectivity index (χ0n) is 30.7. The lowest BCUT2D eigenvalue weighted by Gasteiger charge is -2.32. The molecule has 11 aromatic rings. The Hall–Kier alpha value is -6.57. The quantitative estimate of drug-likeness (QED) is 0.183. The molecule has 6 heteroatoms. The molecule has 0 aliphatic carbocycles. The molecule has 1 aliphatic rings. The molecule has 4 heterocycles. The van der Waals surface area contributed by atoms with Crippen molar-refractivity contribution < 1.29 is 0 Å². The summed E-state index contributed by atoms with van der Waals surface area (Å²) in [6.45, 7) is 0. The van der Waals surface area contributed by atoms with Crippen LogP contribution in [0.15, 0.2) is 187 Å². The van der Waals surface area contributed by atoms with Crippen LogP contribution in [0.5, 0.6) is 0 Å². The maximum Gasteiger partial charge on any atom is 0.131 e. The molecule has 2 atom stereocenters. The fourth-order valence-corrected chi connectivity index (χ4v) is 11.3. The number of amidine groups is 1. The van der Waals surface area contributed by atoms with E-state index in [9.17, 15) is 0 Å². The summed E-state index contributed by atoms with van der Waals surface area (Å²) >= 11 is 3.75. The van der Waals surface area contributed by atoms with E-state index >= 15 is 0 Å². The molecule has 0 saturated carbocycles. The lowest BCUT2D eigenvalue weighted by Crippen LogP contribution is -2.44. The summed E-state index contributed by atoms with van der Waals surface area (Å²) < 4.78 is 7.56. The first-order valence-electron chi connectivity index (χ1n) is 19.4. The van der Waals surface area contributed by atoms with Crippen molar-refractivity contribution in [2.75, 3.05) is 0 Å². The molecule has 12 rings (SSSR count). The van der Waals surface area contributed by atoms with E-state index in [1.54, 1.807) is 0 Å². The Kier molecular flexibility index (Phi) is 7.45. The Morgan fingerprint density at radius 3 is 2.02 bits per heavy atom. The number of aromatic nitrogens is 1. The van der Waals surface area contributed by atoms with E-state index in [0.29, 0.717) is 0 Å². The zero-order chi connectivity index (χ0) is 37.5. The molecule has 270 valence electrons. The smallest absolute Gasteiger partial charge is 0.131 e. The van der Waals surface area contributed by atoms with Gasteiger partial charge >= 0.3 is 0 Å². The minimum Gasteiger partial charge on any atom is -0.350 e. The maximum absolute atomic E-state index is 5.34. The van der Waals surface area contributed by atoms with Gasteiger partial charge in [0.25, 0.3) is 0 Å². The van der Waals surface area contributed by atoms with E-state index < -0.39 is 0 Å². The predicted octanol–water partition coefficient (Wildman–Crippen LogP) is 13.5. The van der Waals surface area contributed by atoms with Crippen LogP contribution in [0, 0.1) is 0 Å². The van der Waals surface area contributed by atoms with E-state index in [1.807, 2.05) is 22.7 Å². The Balaban J connectivity index is 0.996. The first-order chi connectivity index (χ1) is 28.2. The van der Waals surface area contributed by atoms with Gasteiger partial charge in [0.2, 0.25) is 0 Å². The number of nitrogens with zero attached hydrogens (tertiary/aromatic N) is 2. The van der Waals surface area contributed by atoms with Crippen molar-refractivity contribution in [1.29, 1.82) is 0 Å². The van der Waals surface area contributed by atoms with E-state index in [2.05, 4.69) is 197 Å². The van der Waals surface area contributed by atoms with Crippen molar-refractivity contribution in [1.82, 2.24) is 15.2 Å². The fraction of sp³-hybridized carbons (Fsp3) is 0.0392. The SMILES string of the molecule is c1ccc(C2=NC(c3cccc4sc5ccc(-c6cccc7c6sc6cc(-n8c9ccccc9c9ccccc98)ccc67)cc5c34)NC(c3ccccc3)N2)cc1. The van der Waals surface area contributed by atoms with Gasteiger partial charge in [-0.15, -0.1) is 22.7 Å². The average molecular weight is 767 g/mol. The minimum absolute atomic E-state index is 0.0966. The molecule has 2 unspecified atom stereocenters. The maximum atomic E-state index is 5.34. The van der Waals surface area contributed by atoms with Crippen LogP contribution < -0.4 is 10.6 Å². The summed E-state index contributed by atoms with van der Waals surface area (Å²) in [6, 6.07) is 66.0. The standard InChI is InChI=1S/C51H34N4S2/c1-3-13-31(14-4-1)49-52-50(32-15-5-2-6-16-32)54-51(53-49)40-21-12-24-45-47(40)41-29-33(25-28-44(41)56-45)35-19-11-20-39-38-27-26-34(30-46(38)57-48(35)39)55-42-22-9-7-17-36(42)37-18-8-10-23-43(37)55/h1-30,49,51,53H,(H,52,54). The zero-order valence-corrected chi connectivity index (χ0v) is 32.3. The molecular weight excluding hydrogens is 733 g/mol. The molecule has 4 nitrogen and oxygen atoms in total. The lowest BCUT2D eigenvalue weighted by atomic mass is 9.98. The van der Waals surface area contributed by atoms with Crippen LogP contribution in [0.2, 0.25) is 0 Å². The molecule has 57 heavy (non-hydrogen) atoms. The van der Waals surface area contributed by atoms with Crippen LogP contribution >= 0.6 is 22.7 Å². The molecule has 0 bridgehead atoms. The van der Waals surface area contributed by atoms with Crippen LogP contribution in [-0.2, 0) is 0 Å². The highest BCUT2D eigenvalue weighted by atomic mass is 32.1. The second-order valence-electron chi connectivity index (χ2n) is 14.8. The fourth-order valence-electron chi connectivity index (χ4n) is 8.88. The second-order valence-corrected chi connectivity index (χ2v) is 16.9. The molecule has 1 aliphatic heterocycles. The van der Waals surface area contributed by atoms with Crippen molar-refractivity contribution in [3.05, 3.63) is 199 Å². The normalized spacial score (nSPS) is 15.9. The molecule has 0 fully saturated rings. The molecule has 0 spiro atoms. The number of fused-ring (bicyclic) bond motifs is 9. The highest BCUT2D eigenvalue weighted by Gasteiger charge is 2.27. The number of rotatable bonds is 5. The largest absolute Gasteiger partial charge is 0.350 e. The molecule has 0 saturated heterocycles. The van der Waals surface area contributed by atoms with Gasteiger partial charge in [0, 0.05) is 67.9 Å². The number of thiophene rings is 2. The van der Waals surface area contributed by atoms with E-state index in [-0.39, 0.29) is 12.3 Å². The number of para-hydroxylation sites is 2. The summed E-state index contributed by atoms with van der Waals surface area (Å²) in [5, 5.41) is 15.2. The molecule has 8 aromatic carbocycles. The highest BCUT2D eigenvalue weighted by Crippen LogP contribution is 2.45. The number of benzene rings is 8. The third-order valence-corrected chi connectivity index (χ3v) is 13.8. The topological polar surface area (TPSA) is 41.4 Å². The number of hydrogen-bond donors (Lipinski definition) is 2. The van der Waals surface area contributed by atoms with Crippen LogP contribution in [0.1, 0.15) is 29.0 Å². The van der Waals surface area contributed by atoms with E-state index in [4.69, 9.17) is 4.99 Å². The van der Waals surface area contributed by atoms with Crippen molar-refractivity contribution in [3.63, 3.8) is 0 Å². The van der Waals surface area contributed by atoms with Gasteiger partial charge in [0.05, 0.1) is 11.0 Å². The molecule has 2 N–H and O–H groups in total. The van der Waals surface area contributed by atoms with Gasteiger partial charge in [-0.2, -0.15) is 0 Å². The van der Waals surface area contributed by atoms with Gasteiger partial charge in [-0.3, -0.25) is 5.32 Å². The number of aliphatic imine (C=N–C) groups is 1. The lowest BCUT2D eigenvalue weighted by molar-refractivity contribution is 0.410. The van der Waals surface area contributed by atoms with Gasteiger partial charge in [0.15, 0.2) is 0 Å². The first-order valence-corrected chi connectivity index (χ1v) is 21.0. The number of hydrogen-bond acceptors (Lipinski definition) is 5. The third-order valence-electron chi connectivity index (χ3n) is 11.5. The van der Waals surface area contributed by atoms with Crippen molar-refractivity contribution >= 4 is 90.7 Å². The molecule has 0 radical (unpaired) electrons. The third kappa shape index (κ3) is 5.26. The monoisotopic (exact) mass is 766 g/mol. The van der Waals surface area contributed by atoms with Crippen LogP contribution in [0.3, 0.4) is 0 Å². The van der Waals surface area contributed by atoms with Crippen molar-refractivity contribution in [2.45, 2.75) is 12.3 Å². The van der Waals surface area contributed by atoms with Crippen LogP contribution in [0.25, 0.3) is 79.0 Å². The first kappa shape index (κ1) is 32.7. The Morgan fingerprint density at radius 1 is 0.491 bits per heavy atom. The number of nitrogens with one attached hydrogen (secondary N) is 2. The van der Waals surface area contributed by atoms with Crippen LogP contribution in [0.4, 0.5) is 0 Å². The van der Waals surface area contributed by atoms with Gasteiger partial charge in [-0.25, -0.2) is 4.99 Å². The van der Waals surface area contributed by atoms with E-state index in [0.717, 1.165) is 11.4 Å². The van der Waals surface area contributed by atoms with E-state index in [1.165, 1.54) is 90.1 Å². The van der Waals surface area contributed by atoms with Gasteiger partial charge in [-0.05, 0) is 59.2 Å². The summed E-state index contributed by atoms with van der Waals surface area (Å²) in [5.74, 6) is 0.892. The predicted molar refractivity (Wildman–Crippen MR) is 243 cm³/mol. The summed E-state index contributed by atoms with van der Waals surface area (Å²) in [7, 11) is 0. The Bertz CT molecular complexity index is 3320. The van der Waals surface area contributed by atoms with Crippen LogP contribution in [-0.4, -0.2) is 10.4 Å². The summed E-state index contributed by atoms with van der Waals surface area (Å²) in [4.78, 5) is 5.34. The summed E-state index contributed by atoms with van der Waals surface area (Å²) in [6.07, 6.45) is -0.341. The Morgan fingerprint density at radius 2 is 1.21 bits per heavy atom. The van der Waals surface area contributed by atoms with Gasteiger partial charge in [0.1, 0.15) is 18.2 Å². The molecular formula is C51H34N4S2. The average Bonchev–Trinajstić information content (AvgIpc) is 3.96. The second kappa shape index (κ2) is 13.0.